The van der Waals surface area contributed by atoms with Crippen LogP contribution in [0.2, 0.25) is 0 Å². The number of anilines is 1. The Morgan fingerprint density at radius 2 is 1.75 bits per heavy atom. The minimum Gasteiger partial charge on any atom is -0.435 e. The van der Waals surface area contributed by atoms with Crippen molar-refractivity contribution in [3.05, 3.63) is 55.0 Å². The van der Waals surface area contributed by atoms with Gasteiger partial charge in [-0.05, 0) is 24.3 Å². The molecule has 0 fully saturated rings. The maximum atomic E-state index is 11.7. The molecule has 3 heterocycles. The average Bonchev–Trinajstić information content (AvgIpc) is 2.80. The van der Waals surface area contributed by atoms with E-state index in [1.807, 2.05) is 0 Å². The highest BCUT2D eigenvalue weighted by Crippen LogP contribution is 2.31. The highest BCUT2D eigenvalue weighted by molar-refractivity contribution is 6.28. The Labute approximate surface area is 114 Å². The van der Waals surface area contributed by atoms with Gasteiger partial charge in [-0.1, -0.05) is 0 Å². The topological polar surface area (TPSA) is 72.4 Å². The van der Waals surface area contributed by atoms with Crippen molar-refractivity contribution in [1.82, 2.24) is 9.97 Å². The Balaban J connectivity index is 1.97. The number of carbonyl (C=O) groups excluding carboxylic acids is 2. The molecule has 0 saturated heterocycles. The van der Waals surface area contributed by atoms with Crippen molar-refractivity contribution in [2.45, 2.75) is 0 Å². The lowest BCUT2D eigenvalue weighted by molar-refractivity contribution is -0.120. The summed E-state index contributed by atoms with van der Waals surface area (Å²) in [6.45, 7) is 0. The second-order valence-corrected chi connectivity index (χ2v) is 3.96. The molecule has 2 amide bonds. The number of nitrogens with zero attached hydrogens (tertiary/aromatic N) is 3. The molecule has 1 aliphatic heterocycles. The van der Waals surface area contributed by atoms with E-state index in [4.69, 9.17) is 4.74 Å². The molecule has 6 heteroatoms. The third-order valence-electron chi connectivity index (χ3n) is 2.65. The van der Waals surface area contributed by atoms with Crippen molar-refractivity contribution in [2.24, 2.45) is 0 Å². The second-order valence-electron chi connectivity index (χ2n) is 3.96. The lowest BCUT2D eigenvalue weighted by atomic mass is 10.3. The number of imide groups is 1. The van der Waals surface area contributed by atoms with Crippen LogP contribution in [0.1, 0.15) is 0 Å². The highest BCUT2D eigenvalue weighted by atomic mass is 16.5. The van der Waals surface area contributed by atoms with Gasteiger partial charge in [-0.2, -0.15) is 0 Å². The van der Waals surface area contributed by atoms with E-state index in [9.17, 15) is 9.59 Å². The van der Waals surface area contributed by atoms with Gasteiger partial charge in [0.25, 0.3) is 11.8 Å². The minimum absolute atomic E-state index is 0.172. The molecule has 0 atom stereocenters. The Kier molecular flexibility index (Phi) is 2.96. The van der Waals surface area contributed by atoms with Crippen LogP contribution >= 0.6 is 0 Å². The van der Waals surface area contributed by atoms with E-state index in [-0.39, 0.29) is 5.88 Å². The predicted octanol–water partition coefficient (Wildman–Crippen LogP) is 1.70. The number of amides is 2. The van der Waals surface area contributed by atoms with Gasteiger partial charge in [0.15, 0.2) is 0 Å². The van der Waals surface area contributed by atoms with E-state index < -0.39 is 11.8 Å². The van der Waals surface area contributed by atoms with Gasteiger partial charge in [-0.3, -0.25) is 14.6 Å². The summed E-state index contributed by atoms with van der Waals surface area (Å²) in [6.07, 6.45) is 7.08. The van der Waals surface area contributed by atoms with Gasteiger partial charge < -0.3 is 4.74 Å². The van der Waals surface area contributed by atoms with Gasteiger partial charge in [0.1, 0.15) is 11.4 Å². The van der Waals surface area contributed by atoms with Gasteiger partial charge in [-0.25, -0.2) is 9.88 Å². The Morgan fingerprint density at radius 3 is 2.45 bits per heavy atom. The molecule has 20 heavy (non-hydrogen) atoms. The van der Waals surface area contributed by atoms with Crippen LogP contribution in [-0.4, -0.2) is 21.8 Å². The van der Waals surface area contributed by atoms with E-state index in [1.165, 1.54) is 24.5 Å². The van der Waals surface area contributed by atoms with Crippen LogP contribution in [0.25, 0.3) is 0 Å². The van der Waals surface area contributed by atoms with Crippen molar-refractivity contribution in [2.75, 3.05) is 4.90 Å². The molecule has 6 nitrogen and oxygen atoms in total. The second kappa shape index (κ2) is 4.93. The molecule has 2 aromatic rings. The molecule has 2 aromatic heterocycles. The molecule has 0 spiro atoms. The molecule has 0 aliphatic carbocycles. The van der Waals surface area contributed by atoms with Crippen LogP contribution in [0.3, 0.4) is 0 Å². The molecule has 0 bridgehead atoms. The lowest BCUT2D eigenvalue weighted by Gasteiger charge is -2.16. The van der Waals surface area contributed by atoms with Crippen molar-refractivity contribution < 1.29 is 14.3 Å². The van der Waals surface area contributed by atoms with Gasteiger partial charge in [-0.15, -0.1) is 0 Å². The first-order chi connectivity index (χ1) is 9.75. The standard InChI is InChI=1S/C14H9N3O3/c18-12-5-6-13(19)17(12)11-4-2-8-16-14(11)20-10-3-1-7-15-9-10/h1-9H. The fourth-order valence-corrected chi connectivity index (χ4v) is 1.79. The highest BCUT2D eigenvalue weighted by Gasteiger charge is 2.28. The molecule has 0 aromatic carbocycles. The van der Waals surface area contributed by atoms with Crippen molar-refractivity contribution in [3.8, 4) is 11.6 Å². The van der Waals surface area contributed by atoms with Crippen LogP contribution in [0.5, 0.6) is 11.6 Å². The normalized spacial score (nSPS) is 13.9. The maximum Gasteiger partial charge on any atom is 0.258 e. The Morgan fingerprint density at radius 1 is 1.00 bits per heavy atom. The molecule has 0 N–H and O–H groups in total. The summed E-state index contributed by atoms with van der Waals surface area (Å²) in [5, 5.41) is 0. The van der Waals surface area contributed by atoms with Crippen LogP contribution in [0.4, 0.5) is 5.69 Å². The molecule has 3 rings (SSSR count). The molecule has 0 unspecified atom stereocenters. The van der Waals surface area contributed by atoms with Crippen LogP contribution < -0.4 is 9.64 Å². The van der Waals surface area contributed by atoms with E-state index in [0.717, 1.165) is 4.90 Å². The SMILES string of the molecule is O=C1C=CC(=O)N1c1cccnc1Oc1cccnc1. The predicted molar refractivity (Wildman–Crippen MR) is 70.2 cm³/mol. The molecular weight excluding hydrogens is 258 g/mol. The molecule has 0 radical (unpaired) electrons. The zero-order chi connectivity index (χ0) is 13.9. The van der Waals surface area contributed by atoms with E-state index in [0.29, 0.717) is 11.4 Å². The van der Waals surface area contributed by atoms with Crippen molar-refractivity contribution in [1.29, 1.82) is 0 Å². The quantitative estimate of drug-likeness (QED) is 0.791. The number of pyridine rings is 2. The first kappa shape index (κ1) is 12.0. The zero-order valence-corrected chi connectivity index (χ0v) is 10.3. The third-order valence-corrected chi connectivity index (χ3v) is 2.65. The summed E-state index contributed by atoms with van der Waals surface area (Å²) in [5.74, 6) is -0.191. The first-order valence-electron chi connectivity index (χ1n) is 5.85. The number of ether oxygens (including phenoxy) is 1. The first-order valence-corrected chi connectivity index (χ1v) is 5.85. The molecule has 98 valence electrons. The summed E-state index contributed by atoms with van der Waals surface area (Å²) in [5.41, 5.74) is 0.302. The van der Waals surface area contributed by atoms with E-state index in [2.05, 4.69) is 9.97 Å². The van der Waals surface area contributed by atoms with Crippen LogP contribution in [-0.2, 0) is 9.59 Å². The lowest BCUT2D eigenvalue weighted by Crippen LogP contribution is -2.30. The summed E-state index contributed by atoms with van der Waals surface area (Å²) < 4.78 is 5.57. The average molecular weight is 267 g/mol. The van der Waals surface area contributed by atoms with Crippen molar-refractivity contribution in [3.63, 3.8) is 0 Å². The van der Waals surface area contributed by atoms with E-state index in [1.54, 1.807) is 30.5 Å². The van der Waals surface area contributed by atoms with Gasteiger partial charge in [0, 0.05) is 24.5 Å². The number of hydrogen-bond acceptors (Lipinski definition) is 5. The number of carbonyl (C=O) groups is 2. The Hall–Kier alpha value is -3.02. The molecule has 0 saturated carbocycles. The number of rotatable bonds is 3. The zero-order valence-electron chi connectivity index (χ0n) is 10.3. The summed E-state index contributed by atoms with van der Waals surface area (Å²) in [6, 6.07) is 6.65. The van der Waals surface area contributed by atoms with Crippen LogP contribution in [0, 0.1) is 0 Å². The smallest absolute Gasteiger partial charge is 0.258 e. The summed E-state index contributed by atoms with van der Waals surface area (Å²) in [4.78, 5) is 32.4. The largest absolute Gasteiger partial charge is 0.435 e. The monoisotopic (exact) mass is 267 g/mol. The maximum absolute atomic E-state index is 11.7. The number of aromatic nitrogens is 2. The van der Waals surface area contributed by atoms with Crippen molar-refractivity contribution >= 4 is 17.5 Å². The van der Waals surface area contributed by atoms with Gasteiger partial charge in [0.2, 0.25) is 5.88 Å². The number of hydrogen-bond donors (Lipinski definition) is 0. The summed E-state index contributed by atoms with van der Waals surface area (Å²) in [7, 11) is 0. The van der Waals surface area contributed by atoms with Gasteiger partial charge >= 0.3 is 0 Å². The minimum atomic E-state index is -0.418. The third kappa shape index (κ3) is 2.14. The van der Waals surface area contributed by atoms with Gasteiger partial charge in [0.05, 0.1) is 6.20 Å². The Bertz CT molecular complexity index is 680. The molecule has 1 aliphatic rings. The molecular formula is C14H9N3O3. The fraction of sp³-hybridized carbons (Fsp3) is 0. The fourth-order valence-electron chi connectivity index (χ4n) is 1.79. The van der Waals surface area contributed by atoms with Crippen LogP contribution in [0.15, 0.2) is 55.0 Å². The summed E-state index contributed by atoms with van der Waals surface area (Å²) >= 11 is 0. The van der Waals surface area contributed by atoms with E-state index >= 15 is 0 Å².